The number of benzene rings is 1. The number of nitrogens with one attached hydrogen (secondary N) is 1. The maximum Gasteiger partial charge on any atom is 0.349 e. The van der Waals surface area contributed by atoms with E-state index in [-0.39, 0.29) is 16.5 Å². The van der Waals surface area contributed by atoms with Crippen LogP contribution in [0.15, 0.2) is 39.7 Å². The minimum absolute atomic E-state index is 0.0303. The minimum atomic E-state index is -3.82. The van der Waals surface area contributed by atoms with Gasteiger partial charge in [0, 0.05) is 62.3 Å². The van der Waals surface area contributed by atoms with Gasteiger partial charge in [-0.3, -0.25) is 9.00 Å². The lowest BCUT2D eigenvalue weighted by atomic mass is 10.1. The Morgan fingerprint density at radius 3 is 2.70 bits per heavy atom. The van der Waals surface area contributed by atoms with E-state index in [0.29, 0.717) is 50.6 Å². The molecule has 6 nitrogen and oxygen atoms in total. The molecule has 162 valence electrons. The molecule has 12 heteroatoms. The first-order chi connectivity index (χ1) is 14.1. The van der Waals surface area contributed by atoms with E-state index in [4.69, 9.17) is 4.74 Å². The molecule has 3 aromatic rings. The number of halogens is 3. The summed E-state index contributed by atoms with van der Waals surface area (Å²) < 4.78 is 46.2. The number of alkyl halides is 2. The molecular formula is C18H17BrF2NO5PS2. The zero-order valence-corrected chi connectivity index (χ0v) is 19.6. The number of pyridine rings is 1. The van der Waals surface area contributed by atoms with Crippen molar-refractivity contribution in [2.24, 2.45) is 0 Å². The second kappa shape index (κ2) is 9.50. The summed E-state index contributed by atoms with van der Waals surface area (Å²) in [6.07, 6.45) is 3.56. The van der Waals surface area contributed by atoms with Crippen LogP contribution in [0.25, 0.3) is 21.3 Å². The molecule has 2 aromatic heterocycles. The zero-order valence-electron chi connectivity index (χ0n) is 15.5. The highest BCUT2D eigenvalue weighted by molar-refractivity contribution is 9.10. The smallest absolute Gasteiger partial charge is 0.349 e. The van der Waals surface area contributed by atoms with E-state index >= 15 is 0 Å². The van der Waals surface area contributed by atoms with Crippen LogP contribution >= 0.6 is 35.6 Å². The molecule has 1 aromatic carbocycles. The zero-order chi connectivity index (χ0) is 22.1. The number of rotatable bonds is 8. The number of aromatic amines is 1. The third kappa shape index (κ3) is 4.98. The number of thiophene rings is 1. The summed E-state index contributed by atoms with van der Waals surface area (Å²) in [5.41, 5.74) is -3.03. The van der Waals surface area contributed by atoms with Gasteiger partial charge in [-0.15, -0.1) is 11.3 Å². The van der Waals surface area contributed by atoms with Crippen LogP contribution < -0.4 is 10.2 Å². The van der Waals surface area contributed by atoms with Gasteiger partial charge in [0.1, 0.15) is 5.75 Å². The molecule has 0 aliphatic carbocycles. The Bertz CT molecular complexity index is 1150. The highest BCUT2D eigenvalue weighted by Crippen LogP contribution is 2.58. The molecule has 0 saturated heterocycles. The van der Waals surface area contributed by atoms with E-state index in [0.717, 1.165) is 0 Å². The molecule has 2 heterocycles. The molecular weight excluding hydrogens is 523 g/mol. The molecule has 0 fully saturated rings. The summed E-state index contributed by atoms with van der Waals surface area (Å²) in [5.74, 6) is 0.744. The fourth-order valence-electron chi connectivity index (χ4n) is 2.74. The van der Waals surface area contributed by atoms with Crippen LogP contribution in [-0.2, 0) is 16.5 Å². The van der Waals surface area contributed by atoms with E-state index in [2.05, 4.69) is 20.9 Å². The van der Waals surface area contributed by atoms with Gasteiger partial charge in [0.15, 0.2) is 5.43 Å². The van der Waals surface area contributed by atoms with Crippen molar-refractivity contribution in [1.29, 1.82) is 0 Å². The first-order valence-electron chi connectivity index (χ1n) is 8.55. The number of ether oxygens (including phenoxy) is 1. The number of hydrogen-bond donors (Lipinski definition) is 3. The maximum absolute atomic E-state index is 14.4. The lowest BCUT2D eigenvalue weighted by molar-refractivity contribution is 0.0766. The van der Waals surface area contributed by atoms with Gasteiger partial charge >= 0.3 is 5.66 Å². The van der Waals surface area contributed by atoms with Crippen LogP contribution in [0.2, 0.25) is 0 Å². The van der Waals surface area contributed by atoms with Gasteiger partial charge in [-0.25, -0.2) is 0 Å². The Morgan fingerprint density at radius 1 is 1.33 bits per heavy atom. The Labute approximate surface area is 186 Å². The van der Waals surface area contributed by atoms with Gasteiger partial charge in [-0.05, 0) is 34.5 Å². The lowest BCUT2D eigenvalue weighted by Crippen LogP contribution is -2.08. The van der Waals surface area contributed by atoms with Crippen molar-refractivity contribution in [3.63, 3.8) is 0 Å². The molecule has 1 unspecified atom stereocenters. The first-order valence-corrected chi connectivity index (χ1v) is 13.1. The largest absolute Gasteiger partial charge is 0.492 e. The van der Waals surface area contributed by atoms with Crippen molar-refractivity contribution >= 4 is 56.5 Å². The molecule has 0 saturated carbocycles. The Hall–Kier alpha value is -1.23. The van der Waals surface area contributed by atoms with Crippen molar-refractivity contribution in [1.82, 2.24) is 4.98 Å². The number of hydrogen-bond acceptors (Lipinski definition) is 6. The summed E-state index contributed by atoms with van der Waals surface area (Å²) in [6, 6.07) is 5.98. The van der Waals surface area contributed by atoms with Crippen molar-refractivity contribution < 1.29 is 27.5 Å². The van der Waals surface area contributed by atoms with Gasteiger partial charge in [-0.2, -0.15) is 8.78 Å². The highest BCUT2D eigenvalue weighted by atomic mass is 79.9. The van der Waals surface area contributed by atoms with E-state index < -0.39 is 29.7 Å². The highest BCUT2D eigenvalue weighted by Gasteiger charge is 2.45. The van der Waals surface area contributed by atoms with E-state index in [1.165, 1.54) is 18.3 Å². The predicted octanol–water partition coefficient (Wildman–Crippen LogP) is 4.51. The molecule has 0 aliphatic rings. The van der Waals surface area contributed by atoms with Crippen LogP contribution in [0.3, 0.4) is 0 Å². The van der Waals surface area contributed by atoms with Crippen molar-refractivity contribution in [2.45, 2.75) is 12.1 Å². The molecule has 1 atom stereocenters. The topological polar surface area (TPSA) is 99.6 Å². The van der Waals surface area contributed by atoms with Crippen LogP contribution in [0.1, 0.15) is 11.3 Å². The summed E-state index contributed by atoms with van der Waals surface area (Å²) in [6.45, 7) is 0.220. The van der Waals surface area contributed by atoms with Crippen LogP contribution in [0.4, 0.5) is 8.78 Å². The van der Waals surface area contributed by atoms with E-state index in [1.54, 1.807) is 18.4 Å². The molecule has 0 aliphatic heterocycles. The quantitative estimate of drug-likeness (QED) is 0.289. The fraction of sp³-hybridized carbons (Fsp3) is 0.278. The van der Waals surface area contributed by atoms with Gasteiger partial charge in [-0.1, -0.05) is 0 Å². The van der Waals surface area contributed by atoms with Crippen molar-refractivity contribution in [3.05, 3.63) is 50.0 Å². The molecule has 0 bridgehead atoms. The summed E-state index contributed by atoms with van der Waals surface area (Å²) in [4.78, 5) is 32.5. The predicted molar refractivity (Wildman–Crippen MR) is 120 cm³/mol. The fourth-order valence-corrected chi connectivity index (χ4v) is 6.05. The number of H-pyrrole nitrogens is 1. The van der Waals surface area contributed by atoms with Crippen LogP contribution in [0, 0.1) is 0 Å². The van der Waals surface area contributed by atoms with E-state index in [9.17, 15) is 27.6 Å². The van der Waals surface area contributed by atoms with Gasteiger partial charge in [0.2, 0.25) is 8.38 Å². The third-order valence-corrected chi connectivity index (χ3v) is 8.25. The second-order valence-corrected chi connectivity index (χ2v) is 10.9. The Kier molecular flexibility index (Phi) is 7.42. The van der Waals surface area contributed by atoms with Crippen LogP contribution in [-0.4, -0.2) is 37.6 Å². The standard InChI is InChI=1S/C18H17BrF2NO5PS2/c1-30(26)6-2-5-27-14-8-10(13-9-11(23)3-4-22-13)7-12-15(19)17(29-16(12)14)18(20,21)28(24)25/h3-4,7-9,24-25H,2,5-6H2,1H3,(H,22,23). The second-order valence-electron chi connectivity index (χ2n) is 6.34. The van der Waals surface area contributed by atoms with Crippen molar-refractivity contribution in [2.75, 3.05) is 18.6 Å². The summed E-state index contributed by atoms with van der Waals surface area (Å²) in [7, 11) is -4.52. The average Bonchev–Trinajstić information content (AvgIpc) is 3.02. The summed E-state index contributed by atoms with van der Waals surface area (Å²) in [5, 5.41) is 0.391. The Morgan fingerprint density at radius 2 is 2.07 bits per heavy atom. The molecule has 3 N–H and O–H groups in total. The van der Waals surface area contributed by atoms with Gasteiger partial charge < -0.3 is 19.5 Å². The normalized spacial score (nSPS) is 13.2. The molecule has 3 rings (SSSR count). The number of fused-ring (bicyclic) bond motifs is 1. The van der Waals surface area contributed by atoms with Crippen molar-refractivity contribution in [3.8, 4) is 17.0 Å². The molecule has 0 amide bonds. The monoisotopic (exact) mass is 539 g/mol. The first kappa shape index (κ1) is 23.4. The molecule has 0 spiro atoms. The average molecular weight is 540 g/mol. The van der Waals surface area contributed by atoms with Crippen LogP contribution in [0.5, 0.6) is 5.75 Å². The third-order valence-electron chi connectivity index (χ3n) is 4.14. The maximum atomic E-state index is 14.4. The minimum Gasteiger partial charge on any atom is -0.492 e. The van der Waals surface area contributed by atoms with E-state index in [1.807, 2.05) is 0 Å². The lowest BCUT2D eigenvalue weighted by Gasteiger charge is -2.15. The summed E-state index contributed by atoms with van der Waals surface area (Å²) >= 11 is 3.86. The van der Waals surface area contributed by atoms with Gasteiger partial charge in [0.05, 0.1) is 16.2 Å². The molecule has 30 heavy (non-hydrogen) atoms. The molecule has 0 radical (unpaired) electrons. The Balaban J connectivity index is 2.14. The SMILES string of the molecule is CS(=O)CCCOc1cc(-c2cc(=O)cc[nH]2)cc2c(Br)c(C(F)(F)P(O)O)sc12. The number of aromatic nitrogens is 1. The van der Waals surface area contributed by atoms with Gasteiger partial charge in [0.25, 0.3) is 0 Å².